The number of methoxy groups -OCH3 is 2. The number of hydrogen-bond acceptors (Lipinski definition) is 6. The molecule has 1 aromatic carbocycles. The number of carbonyl (C=O) groups excluding carboxylic acids is 2. The molecule has 2 rings (SSSR count). The Morgan fingerprint density at radius 1 is 1.24 bits per heavy atom. The van der Waals surface area contributed by atoms with Crippen LogP contribution in [0.15, 0.2) is 36.4 Å². The predicted octanol–water partition coefficient (Wildman–Crippen LogP) is 1.89. The Kier molecular flexibility index (Phi) is 6.51. The van der Waals surface area contributed by atoms with Gasteiger partial charge in [0, 0.05) is 19.9 Å². The van der Waals surface area contributed by atoms with Gasteiger partial charge in [-0.05, 0) is 43.3 Å². The van der Waals surface area contributed by atoms with Gasteiger partial charge in [-0.1, -0.05) is 0 Å². The van der Waals surface area contributed by atoms with Crippen molar-refractivity contribution in [3.63, 3.8) is 0 Å². The number of amides is 2. The van der Waals surface area contributed by atoms with Crippen LogP contribution in [0.3, 0.4) is 0 Å². The van der Waals surface area contributed by atoms with E-state index in [2.05, 4.69) is 10.6 Å². The van der Waals surface area contributed by atoms with Crippen molar-refractivity contribution in [3.8, 4) is 0 Å². The van der Waals surface area contributed by atoms with Crippen LogP contribution in [0.1, 0.15) is 17.3 Å². The third kappa shape index (κ3) is 5.02. The second-order valence-corrected chi connectivity index (χ2v) is 5.20. The van der Waals surface area contributed by atoms with Crippen LogP contribution in [0.5, 0.6) is 0 Å². The maximum Gasteiger partial charge on any atom is 0.338 e. The molecule has 0 saturated heterocycles. The fourth-order valence-corrected chi connectivity index (χ4v) is 2.20. The zero-order chi connectivity index (χ0) is 18.3. The molecular formula is C17H22N2O6. The first-order valence-corrected chi connectivity index (χ1v) is 7.79. The topological polar surface area (TPSA) is 95.1 Å². The van der Waals surface area contributed by atoms with Gasteiger partial charge in [-0.25, -0.2) is 9.59 Å². The molecule has 0 radical (unpaired) electrons. The first-order valence-electron chi connectivity index (χ1n) is 7.79. The van der Waals surface area contributed by atoms with E-state index < -0.39 is 24.1 Å². The summed E-state index contributed by atoms with van der Waals surface area (Å²) in [6.45, 7) is 2.15. The van der Waals surface area contributed by atoms with Gasteiger partial charge in [0.15, 0.2) is 6.29 Å². The third-order valence-electron chi connectivity index (χ3n) is 3.55. The minimum atomic E-state index is -1.06. The second kappa shape index (κ2) is 8.61. The first kappa shape index (κ1) is 18.9. The second-order valence-electron chi connectivity index (χ2n) is 5.20. The van der Waals surface area contributed by atoms with Crippen LogP contribution in [0.4, 0.5) is 10.5 Å². The van der Waals surface area contributed by atoms with E-state index in [-0.39, 0.29) is 6.54 Å². The summed E-state index contributed by atoms with van der Waals surface area (Å²) in [5.41, 5.74) is 0.955. The summed E-state index contributed by atoms with van der Waals surface area (Å²) in [4.78, 5) is 23.6. The number of urea groups is 1. The summed E-state index contributed by atoms with van der Waals surface area (Å²) in [7, 11) is 3.00. The van der Waals surface area contributed by atoms with E-state index in [9.17, 15) is 9.59 Å². The van der Waals surface area contributed by atoms with Crippen LogP contribution in [0, 0.1) is 0 Å². The van der Waals surface area contributed by atoms with Gasteiger partial charge in [0.2, 0.25) is 5.79 Å². The van der Waals surface area contributed by atoms with E-state index in [0.717, 1.165) is 0 Å². The molecule has 2 N–H and O–H groups in total. The number of benzene rings is 1. The summed E-state index contributed by atoms with van der Waals surface area (Å²) >= 11 is 0. The molecule has 25 heavy (non-hydrogen) atoms. The molecule has 8 heteroatoms. The van der Waals surface area contributed by atoms with Crippen molar-refractivity contribution in [2.24, 2.45) is 0 Å². The number of nitrogens with one attached hydrogen (secondary N) is 2. The molecule has 2 atom stereocenters. The van der Waals surface area contributed by atoms with Gasteiger partial charge < -0.3 is 29.6 Å². The molecule has 136 valence electrons. The van der Waals surface area contributed by atoms with E-state index in [0.29, 0.717) is 17.9 Å². The highest BCUT2D eigenvalue weighted by Crippen LogP contribution is 2.24. The molecule has 1 heterocycles. The Balaban J connectivity index is 1.86. The molecule has 1 aliphatic rings. The third-order valence-corrected chi connectivity index (χ3v) is 3.55. The zero-order valence-electron chi connectivity index (χ0n) is 14.4. The van der Waals surface area contributed by atoms with Crippen molar-refractivity contribution in [2.45, 2.75) is 19.0 Å². The van der Waals surface area contributed by atoms with Crippen LogP contribution >= 0.6 is 0 Å². The van der Waals surface area contributed by atoms with Crippen molar-refractivity contribution < 1.29 is 28.5 Å². The van der Waals surface area contributed by atoms with Gasteiger partial charge in [-0.3, -0.25) is 0 Å². The lowest BCUT2D eigenvalue weighted by atomic mass is 10.2. The Labute approximate surface area is 146 Å². The Bertz CT molecular complexity index is 631. The minimum Gasteiger partial charge on any atom is -0.462 e. The highest BCUT2D eigenvalue weighted by Gasteiger charge is 2.36. The largest absolute Gasteiger partial charge is 0.462 e. The van der Waals surface area contributed by atoms with Crippen molar-refractivity contribution in [3.05, 3.63) is 42.0 Å². The quantitative estimate of drug-likeness (QED) is 0.576. The van der Waals surface area contributed by atoms with E-state index in [4.69, 9.17) is 18.9 Å². The monoisotopic (exact) mass is 350 g/mol. The molecule has 2 unspecified atom stereocenters. The van der Waals surface area contributed by atoms with Gasteiger partial charge >= 0.3 is 12.0 Å². The van der Waals surface area contributed by atoms with Crippen LogP contribution in [0.2, 0.25) is 0 Å². The Morgan fingerprint density at radius 3 is 2.52 bits per heavy atom. The van der Waals surface area contributed by atoms with Crippen LogP contribution in [-0.4, -0.2) is 51.4 Å². The number of ether oxygens (including phenoxy) is 4. The molecular weight excluding hydrogens is 328 g/mol. The summed E-state index contributed by atoms with van der Waals surface area (Å²) in [5.74, 6) is -1.47. The van der Waals surface area contributed by atoms with Crippen molar-refractivity contribution in [1.82, 2.24) is 5.32 Å². The lowest BCUT2D eigenvalue weighted by molar-refractivity contribution is -0.238. The average Bonchev–Trinajstić information content (AvgIpc) is 3.05. The molecule has 0 aliphatic carbocycles. The lowest BCUT2D eigenvalue weighted by Crippen LogP contribution is -2.45. The molecule has 0 bridgehead atoms. The van der Waals surface area contributed by atoms with Gasteiger partial charge in [0.25, 0.3) is 0 Å². The number of esters is 1. The minimum absolute atomic E-state index is 0.104. The van der Waals surface area contributed by atoms with Gasteiger partial charge in [-0.2, -0.15) is 0 Å². The van der Waals surface area contributed by atoms with Crippen molar-refractivity contribution >= 4 is 17.7 Å². The highest BCUT2D eigenvalue weighted by molar-refractivity contribution is 5.92. The van der Waals surface area contributed by atoms with E-state index in [1.165, 1.54) is 14.2 Å². The molecule has 0 saturated carbocycles. The molecule has 8 nitrogen and oxygen atoms in total. The molecule has 2 amide bonds. The standard InChI is InChI=1S/C17H22N2O6/c1-4-24-15(20)12-5-7-13(8-6-12)19-16(21)18-11-17(23-3)10-9-14(22-2)25-17/h5-10,14H,4,11H2,1-3H3,(H2,18,19,21). The number of carbonyl (C=O) groups is 2. The molecule has 1 aromatic rings. The SMILES string of the molecule is CCOC(=O)c1ccc(NC(=O)NCC2(OC)C=CC(OC)O2)cc1. The Morgan fingerprint density at radius 2 is 1.96 bits per heavy atom. The molecule has 1 aliphatic heterocycles. The maximum absolute atomic E-state index is 12.0. The van der Waals surface area contributed by atoms with E-state index in [1.807, 2.05) is 0 Å². The predicted molar refractivity (Wildman–Crippen MR) is 90.2 cm³/mol. The number of anilines is 1. The fourth-order valence-electron chi connectivity index (χ4n) is 2.20. The van der Waals surface area contributed by atoms with Crippen LogP contribution in [-0.2, 0) is 18.9 Å². The normalized spacial score (nSPS) is 21.8. The smallest absolute Gasteiger partial charge is 0.338 e. The summed E-state index contributed by atoms with van der Waals surface area (Å²) in [6.07, 6.45) is 2.88. The molecule has 0 spiro atoms. The van der Waals surface area contributed by atoms with Crippen LogP contribution in [0.25, 0.3) is 0 Å². The average molecular weight is 350 g/mol. The summed E-state index contributed by atoms with van der Waals surface area (Å²) in [6, 6.07) is 5.96. The van der Waals surface area contributed by atoms with Gasteiger partial charge in [0.1, 0.15) is 0 Å². The summed E-state index contributed by atoms with van der Waals surface area (Å²) < 4.78 is 20.8. The van der Waals surface area contributed by atoms with Gasteiger partial charge in [0.05, 0.1) is 18.7 Å². The summed E-state index contributed by atoms with van der Waals surface area (Å²) in [5, 5.41) is 5.33. The van der Waals surface area contributed by atoms with Crippen LogP contribution < -0.4 is 10.6 Å². The Hall–Kier alpha value is -2.42. The highest BCUT2D eigenvalue weighted by atomic mass is 16.8. The maximum atomic E-state index is 12.0. The lowest BCUT2D eigenvalue weighted by Gasteiger charge is -2.27. The van der Waals surface area contributed by atoms with Crippen molar-refractivity contribution in [2.75, 3.05) is 32.7 Å². The first-order chi connectivity index (χ1) is 12.0. The van der Waals surface area contributed by atoms with Crippen molar-refractivity contribution in [1.29, 1.82) is 0 Å². The van der Waals surface area contributed by atoms with Gasteiger partial charge in [-0.15, -0.1) is 0 Å². The fraction of sp³-hybridized carbons (Fsp3) is 0.412. The van der Waals surface area contributed by atoms with E-state index >= 15 is 0 Å². The molecule has 0 aromatic heterocycles. The zero-order valence-corrected chi connectivity index (χ0v) is 14.4. The number of rotatable bonds is 7. The van der Waals surface area contributed by atoms with E-state index in [1.54, 1.807) is 43.3 Å². The molecule has 0 fully saturated rings. The number of hydrogen-bond donors (Lipinski definition) is 2.